The topological polar surface area (TPSA) is 29.5 Å². The number of rotatable bonds is 8. The van der Waals surface area contributed by atoms with Gasteiger partial charge >= 0.3 is 5.97 Å². The minimum Gasteiger partial charge on any atom is -0.464 e. The molecule has 0 spiro atoms. The van der Waals surface area contributed by atoms with E-state index in [1.54, 1.807) is 0 Å². The first-order chi connectivity index (χ1) is 9.22. The molecule has 19 heavy (non-hydrogen) atoms. The maximum Gasteiger partial charge on any atom is 0.309 e. The molecule has 1 saturated carbocycles. The number of likely N-dealkylation sites (N-methyl/N-ethyl adjacent to an activating group) is 1. The fourth-order valence-corrected chi connectivity index (χ4v) is 3.15. The summed E-state index contributed by atoms with van der Waals surface area (Å²) >= 11 is 0. The summed E-state index contributed by atoms with van der Waals surface area (Å²) in [4.78, 5) is 14.5. The summed E-state index contributed by atoms with van der Waals surface area (Å²) in [5.74, 6) is 0.748. The van der Waals surface area contributed by atoms with Gasteiger partial charge < -0.3 is 9.64 Å². The van der Waals surface area contributed by atoms with E-state index in [4.69, 9.17) is 4.74 Å². The molecule has 112 valence electrons. The van der Waals surface area contributed by atoms with Crippen LogP contribution in [0.25, 0.3) is 0 Å². The maximum atomic E-state index is 12.2. The van der Waals surface area contributed by atoms with Crippen molar-refractivity contribution in [3.8, 4) is 0 Å². The number of esters is 1. The van der Waals surface area contributed by atoms with Gasteiger partial charge in [-0.3, -0.25) is 4.79 Å². The fourth-order valence-electron chi connectivity index (χ4n) is 3.15. The third kappa shape index (κ3) is 5.52. The second kappa shape index (κ2) is 9.35. The van der Waals surface area contributed by atoms with Gasteiger partial charge in [0.1, 0.15) is 6.61 Å². The van der Waals surface area contributed by atoms with Crippen molar-refractivity contribution in [1.82, 2.24) is 4.90 Å². The molecule has 1 aliphatic carbocycles. The van der Waals surface area contributed by atoms with Gasteiger partial charge in [-0.2, -0.15) is 0 Å². The second-order valence-electron chi connectivity index (χ2n) is 5.61. The Labute approximate surface area is 118 Å². The summed E-state index contributed by atoms with van der Waals surface area (Å²) in [6.07, 6.45) is 7.26. The summed E-state index contributed by atoms with van der Waals surface area (Å²) in [5, 5.41) is 0. The van der Waals surface area contributed by atoms with Crippen LogP contribution in [0.4, 0.5) is 0 Å². The normalized spacial score (nSPS) is 18.5. The molecule has 0 amide bonds. The third-order valence-corrected chi connectivity index (χ3v) is 4.51. The lowest BCUT2D eigenvalue weighted by Crippen LogP contribution is -2.31. The molecule has 1 atom stereocenters. The number of carbonyl (C=O) groups is 1. The number of nitrogens with zero attached hydrogens (tertiary/aromatic N) is 1. The van der Waals surface area contributed by atoms with Crippen LogP contribution in [0.5, 0.6) is 0 Å². The van der Waals surface area contributed by atoms with Gasteiger partial charge in [0.15, 0.2) is 0 Å². The van der Waals surface area contributed by atoms with E-state index < -0.39 is 0 Å². The largest absolute Gasteiger partial charge is 0.464 e. The van der Waals surface area contributed by atoms with Gasteiger partial charge in [0.2, 0.25) is 0 Å². The average molecular weight is 269 g/mol. The van der Waals surface area contributed by atoms with Gasteiger partial charge in [-0.15, -0.1) is 0 Å². The van der Waals surface area contributed by atoms with Crippen LogP contribution in [0.2, 0.25) is 0 Å². The van der Waals surface area contributed by atoms with Crippen LogP contribution in [0, 0.1) is 11.8 Å². The molecule has 1 rings (SSSR count). The minimum absolute atomic E-state index is 0.0431. The predicted octanol–water partition coefficient (Wildman–Crippen LogP) is 3.48. The lowest BCUT2D eigenvalue weighted by atomic mass is 9.79. The van der Waals surface area contributed by atoms with Crippen LogP contribution in [0.1, 0.15) is 59.3 Å². The molecule has 0 bridgehead atoms. The summed E-state index contributed by atoms with van der Waals surface area (Å²) in [5.41, 5.74) is 0. The van der Waals surface area contributed by atoms with Crippen LogP contribution in [-0.4, -0.2) is 37.1 Å². The fraction of sp³-hybridized carbons (Fsp3) is 0.938. The highest BCUT2D eigenvalue weighted by molar-refractivity contribution is 5.72. The van der Waals surface area contributed by atoms with Crippen LogP contribution < -0.4 is 0 Å². The Morgan fingerprint density at radius 3 is 2.32 bits per heavy atom. The molecule has 0 aliphatic heterocycles. The monoisotopic (exact) mass is 269 g/mol. The summed E-state index contributed by atoms with van der Waals surface area (Å²) < 4.78 is 5.50. The zero-order chi connectivity index (χ0) is 14.1. The van der Waals surface area contributed by atoms with Gasteiger partial charge in [-0.1, -0.05) is 40.0 Å². The lowest BCUT2D eigenvalue weighted by molar-refractivity contribution is -0.151. The van der Waals surface area contributed by atoms with E-state index in [0.29, 0.717) is 12.5 Å². The van der Waals surface area contributed by atoms with Crippen LogP contribution in [-0.2, 0) is 9.53 Å². The van der Waals surface area contributed by atoms with E-state index in [1.165, 1.54) is 32.1 Å². The van der Waals surface area contributed by atoms with Crippen molar-refractivity contribution >= 4 is 5.97 Å². The van der Waals surface area contributed by atoms with E-state index in [1.807, 2.05) is 0 Å². The molecular weight excluding hydrogens is 238 g/mol. The molecule has 1 aliphatic rings. The molecule has 1 fully saturated rings. The van der Waals surface area contributed by atoms with Crippen molar-refractivity contribution in [2.45, 2.75) is 59.3 Å². The first kappa shape index (κ1) is 16.5. The quantitative estimate of drug-likeness (QED) is 0.632. The maximum absolute atomic E-state index is 12.2. The Bertz CT molecular complexity index is 245. The van der Waals surface area contributed by atoms with Crippen molar-refractivity contribution in [1.29, 1.82) is 0 Å². The van der Waals surface area contributed by atoms with E-state index in [9.17, 15) is 4.79 Å². The summed E-state index contributed by atoms with van der Waals surface area (Å²) in [7, 11) is 0. The second-order valence-corrected chi connectivity index (χ2v) is 5.61. The number of hydrogen-bond donors (Lipinski definition) is 0. The molecule has 0 aromatic rings. The van der Waals surface area contributed by atoms with E-state index >= 15 is 0 Å². The van der Waals surface area contributed by atoms with Crippen molar-refractivity contribution in [3.63, 3.8) is 0 Å². The first-order valence-electron chi connectivity index (χ1n) is 8.11. The molecule has 3 heteroatoms. The van der Waals surface area contributed by atoms with Crippen molar-refractivity contribution in [2.24, 2.45) is 11.8 Å². The van der Waals surface area contributed by atoms with Gasteiger partial charge in [-0.25, -0.2) is 0 Å². The smallest absolute Gasteiger partial charge is 0.309 e. The summed E-state index contributed by atoms with van der Waals surface area (Å²) in [6, 6.07) is 0. The van der Waals surface area contributed by atoms with Crippen LogP contribution in [0.3, 0.4) is 0 Å². The zero-order valence-electron chi connectivity index (χ0n) is 13.0. The van der Waals surface area contributed by atoms with Crippen LogP contribution >= 0.6 is 0 Å². The Kier molecular flexibility index (Phi) is 8.11. The highest BCUT2D eigenvalue weighted by Crippen LogP contribution is 2.32. The van der Waals surface area contributed by atoms with E-state index in [-0.39, 0.29) is 11.9 Å². The standard InChI is InChI=1S/C16H31NO2/c1-4-15(14-10-8-7-9-11-14)16(18)19-13-12-17(5-2)6-3/h14-15H,4-13H2,1-3H3. The predicted molar refractivity (Wildman–Crippen MR) is 79.1 cm³/mol. The molecule has 0 aromatic heterocycles. The minimum atomic E-state index is 0.0431. The lowest BCUT2D eigenvalue weighted by Gasteiger charge is -2.28. The molecule has 0 saturated heterocycles. The molecule has 0 radical (unpaired) electrons. The number of hydrogen-bond acceptors (Lipinski definition) is 3. The molecule has 3 nitrogen and oxygen atoms in total. The Hall–Kier alpha value is -0.570. The molecular formula is C16H31NO2. The highest BCUT2D eigenvalue weighted by atomic mass is 16.5. The summed E-state index contributed by atoms with van der Waals surface area (Å²) in [6.45, 7) is 9.85. The van der Waals surface area contributed by atoms with E-state index in [0.717, 1.165) is 26.1 Å². The van der Waals surface area contributed by atoms with Crippen molar-refractivity contribution in [3.05, 3.63) is 0 Å². The Morgan fingerprint density at radius 1 is 1.16 bits per heavy atom. The van der Waals surface area contributed by atoms with Gasteiger partial charge in [0, 0.05) is 6.54 Å². The molecule has 0 N–H and O–H groups in total. The zero-order valence-corrected chi connectivity index (χ0v) is 13.0. The molecule has 0 aromatic carbocycles. The first-order valence-corrected chi connectivity index (χ1v) is 8.11. The Morgan fingerprint density at radius 2 is 1.79 bits per heavy atom. The van der Waals surface area contributed by atoms with Gasteiger partial charge in [-0.05, 0) is 38.3 Å². The SMILES string of the molecule is CCC(C(=O)OCCN(CC)CC)C1CCCCC1. The Balaban J connectivity index is 2.32. The number of carbonyl (C=O) groups excluding carboxylic acids is 1. The highest BCUT2D eigenvalue weighted by Gasteiger charge is 2.29. The van der Waals surface area contributed by atoms with Crippen molar-refractivity contribution in [2.75, 3.05) is 26.2 Å². The average Bonchev–Trinajstić information content (AvgIpc) is 2.45. The van der Waals surface area contributed by atoms with E-state index in [2.05, 4.69) is 25.7 Å². The van der Waals surface area contributed by atoms with Gasteiger partial charge in [0.05, 0.1) is 5.92 Å². The molecule has 0 heterocycles. The van der Waals surface area contributed by atoms with Crippen LogP contribution in [0.15, 0.2) is 0 Å². The van der Waals surface area contributed by atoms with Gasteiger partial charge in [0.25, 0.3) is 0 Å². The third-order valence-electron chi connectivity index (χ3n) is 4.51. The van der Waals surface area contributed by atoms with Crippen molar-refractivity contribution < 1.29 is 9.53 Å². The number of ether oxygens (including phenoxy) is 1. The molecule has 1 unspecified atom stereocenters.